The Morgan fingerprint density at radius 2 is 2.08 bits per heavy atom. The van der Waals surface area contributed by atoms with Crippen molar-refractivity contribution in [3.8, 4) is 0 Å². The van der Waals surface area contributed by atoms with Crippen LogP contribution in [0.5, 0.6) is 0 Å². The minimum Gasteiger partial charge on any atom is -0.481 e. The average molecular weight is 332 g/mol. The highest BCUT2D eigenvalue weighted by molar-refractivity contribution is 6.03. The Kier molecular flexibility index (Phi) is 5.38. The summed E-state index contributed by atoms with van der Waals surface area (Å²) < 4.78 is 0. The molecule has 0 unspecified atom stereocenters. The fraction of sp³-hybridized carbons (Fsp3) is 0.294. The molecule has 0 fully saturated rings. The van der Waals surface area contributed by atoms with Crippen molar-refractivity contribution >= 4 is 18.0 Å². The van der Waals surface area contributed by atoms with Gasteiger partial charge in [0.2, 0.25) is 0 Å². The van der Waals surface area contributed by atoms with Crippen LogP contribution in [0.4, 0.5) is 0 Å². The molecule has 0 bridgehead atoms. The predicted molar refractivity (Wildman–Crippen MR) is 87.9 cm³/mol. The molecule has 7 heteroatoms. The van der Waals surface area contributed by atoms with E-state index < -0.39 is 5.97 Å². The molecule has 0 spiro atoms. The third-order valence-corrected chi connectivity index (χ3v) is 4.10. The summed E-state index contributed by atoms with van der Waals surface area (Å²) in [6.45, 7) is 7.23. The minimum atomic E-state index is -0.899. The van der Waals surface area contributed by atoms with Crippen LogP contribution in [0, 0.1) is 6.92 Å². The summed E-state index contributed by atoms with van der Waals surface area (Å²) in [6.07, 6.45) is 3.59. The third kappa shape index (κ3) is 3.47. The Labute approximate surface area is 139 Å². The minimum absolute atomic E-state index is 0.0244. The van der Waals surface area contributed by atoms with Crippen molar-refractivity contribution in [2.45, 2.75) is 33.3 Å². The second kappa shape index (κ2) is 7.29. The topological polar surface area (TPSA) is 112 Å². The number of amides is 1. The van der Waals surface area contributed by atoms with Gasteiger partial charge in [0, 0.05) is 29.1 Å². The number of aromatic nitrogens is 1. The standard InChI is InChI=1S/C17H20N2O5/c1-4-11-9(2)14(19-17(11)22)7-13-10(3)12(5-6-16(20)21)15(18-13)8-24-23/h4,7,18,23H,1,5-6,8H2,2-3H3,(H,19,22)(H,20,21)/b14-7-. The number of carboxylic acids is 1. The number of aromatic amines is 1. The molecule has 0 saturated heterocycles. The third-order valence-electron chi connectivity index (χ3n) is 4.10. The largest absolute Gasteiger partial charge is 0.481 e. The summed E-state index contributed by atoms with van der Waals surface area (Å²) in [5.74, 6) is -1.10. The van der Waals surface area contributed by atoms with Crippen LogP contribution in [-0.4, -0.2) is 27.2 Å². The number of hydrogen-bond donors (Lipinski definition) is 4. The fourth-order valence-corrected chi connectivity index (χ4v) is 2.76. The van der Waals surface area contributed by atoms with Crippen molar-refractivity contribution in [3.05, 3.63) is 52.0 Å². The van der Waals surface area contributed by atoms with Gasteiger partial charge in [0.1, 0.15) is 6.61 Å². The molecular formula is C17H20N2O5. The van der Waals surface area contributed by atoms with E-state index in [-0.39, 0.29) is 18.9 Å². The lowest BCUT2D eigenvalue weighted by atomic mass is 10.0. The summed E-state index contributed by atoms with van der Waals surface area (Å²) in [7, 11) is 0. The monoisotopic (exact) mass is 332 g/mol. The van der Waals surface area contributed by atoms with E-state index in [4.69, 9.17) is 10.4 Å². The van der Waals surface area contributed by atoms with Gasteiger partial charge in [-0.1, -0.05) is 12.7 Å². The van der Waals surface area contributed by atoms with Gasteiger partial charge in [-0.2, -0.15) is 0 Å². The van der Waals surface area contributed by atoms with E-state index in [2.05, 4.69) is 21.8 Å². The predicted octanol–water partition coefficient (Wildman–Crippen LogP) is 2.30. The Bertz CT molecular complexity index is 755. The van der Waals surface area contributed by atoms with E-state index in [0.717, 1.165) is 22.4 Å². The van der Waals surface area contributed by atoms with Gasteiger partial charge in [0.15, 0.2) is 0 Å². The first-order valence-electron chi connectivity index (χ1n) is 7.44. The normalized spacial score (nSPS) is 16.0. The molecule has 128 valence electrons. The van der Waals surface area contributed by atoms with Crippen LogP contribution in [0.15, 0.2) is 29.5 Å². The van der Waals surface area contributed by atoms with Crippen LogP contribution < -0.4 is 5.32 Å². The Morgan fingerprint density at radius 3 is 2.62 bits per heavy atom. The molecule has 24 heavy (non-hydrogen) atoms. The van der Waals surface area contributed by atoms with Crippen molar-refractivity contribution in [3.63, 3.8) is 0 Å². The van der Waals surface area contributed by atoms with Crippen molar-refractivity contribution in [1.82, 2.24) is 10.3 Å². The van der Waals surface area contributed by atoms with Crippen LogP contribution in [0.25, 0.3) is 6.08 Å². The number of nitrogens with one attached hydrogen (secondary N) is 2. The molecule has 0 aliphatic carbocycles. The zero-order valence-corrected chi connectivity index (χ0v) is 13.6. The van der Waals surface area contributed by atoms with Crippen molar-refractivity contribution in [1.29, 1.82) is 0 Å². The first-order chi connectivity index (χ1) is 11.4. The van der Waals surface area contributed by atoms with Gasteiger partial charge in [0.25, 0.3) is 5.91 Å². The van der Waals surface area contributed by atoms with Gasteiger partial charge in [-0.25, -0.2) is 4.89 Å². The highest BCUT2D eigenvalue weighted by Crippen LogP contribution is 2.27. The van der Waals surface area contributed by atoms with Crippen LogP contribution in [0.2, 0.25) is 0 Å². The van der Waals surface area contributed by atoms with Crippen LogP contribution in [-0.2, 0) is 27.5 Å². The van der Waals surface area contributed by atoms with Gasteiger partial charge in [-0.05, 0) is 43.0 Å². The molecule has 2 heterocycles. The molecule has 1 amide bonds. The van der Waals surface area contributed by atoms with Gasteiger partial charge < -0.3 is 15.4 Å². The molecule has 1 aliphatic rings. The SMILES string of the molecule is C=CC1=C(C)/C(=C/c2[nH]c(COO)c(CCC(=O)O)c2C)NC1=O. The quantitative estimate of drug-likeness (QED) is 0.452. The lowest BCUT2D eigenvalue weighted by Crippen LogP contribution is -2.15. The van der Waals surface area contributed by atoms with Gasteiger partial charge in [-0.3, -0.25) is 14.8 Å². The number of aliphatic carboxylic acids is 1. The number of carbonyl (C=O) groups excluding carboxylic acids is 1. The van der Waals surface area contributed by atoms with Gasteiger partial charge in [-0.15, -0.1) is 0 Å². The molecule has 1 aromatic rings. The van der Waals surface area contributed by atoms with E-state index in [1.165, 1.54) is 6.08 Å². The molecule has 0 radical (unpaired) electrons. The molecule has 4 N–H and O–H groups in total. The molecular weight excluding hydrogens is 312 g/mol. The highest BCUT2D eigenvalue weighted by atomic mass is 17.1. The average Bonchev–Trinajstić information content (AvgIpc) is 2.95. The number of allylic oxidation sites excluding steroid dienone is 1. The van der Waals surface area contributed by atoms with Crippen LogP contribution >= 0.6 is 0 Å². The highest BCUT2D eigenvalue weighted by Gasteiger charge is 2.23. The smallest absolute Gasteiger partial charge is 0.303 e. The molecule has 1 aromatic heterocycles. The second-order valence-corrected chi connectivity index (χ2v) is 5.54. The van der Waals surface area contributed by atoms with Gasteiger partial charge >= 0.3 is 5.97 Å². The summed E-state index contributed by atoms with van der Waals surface area (Å²) in [5.41, 5.74) is 4.94. The van der Waals surface area contributed by atoms with Crippen molar-refractivity contribution in [2.24, 2.45) is 0 Å². The molecule has 7 nitrogen and oxygen atoms in total. The summed E-state index contributed by atoms with van der Waals surface area (Å²) >= 11 is 0. The maximum Gasteiger partial charge on any atom is 0.303 e. The Hall–Kier alpha value is -2.64. The summed E-state index contributed by atoms with van der Waals surface area (Å²) in [6, 6.07) is 0. The zero-order chi connectivity index (χ0) is 17.9. The zero-order valence-electron chi connectivity index (χ0n) is 13.6. The molecule has 1 aliphatic heterocycles. The van der Waals surface area contributed by atoms with Gasteiger partial charge in [0.05, 0.1) is 0 Å². The number of hydrogen-bond acceptors (Lipinski definition) is 4. The first kappa shape index (κ1) is 17.7. The molecule has 0 aromatic carbocycles. The lowest BCUT2D eigenvalue weighted by molar-refractivity contribution is -0.253. The number of H-pyrrole nitrogens is 1. The van der Waals surface area contributed by atoms with E-state index in [1.807, 2.05) is 13.8 Å². The molecule has 0 atom stereocenters. The Morgan fingerprint density at radius 1 is 1.38 bits per heavy atom. The van der Waals surface area contributed by atoms with E-state index >= 15 is 0 Å². The van der Waals surface area contributed by atoms with Crippen LogP contribution in [0.1, 0.15) is 35.9 Å². The fourth-order valence-electron chi connectivity index (χ4n) is 2.76. The maximum absolute atomic E-state index is 11.8. The van der Waals surface area contributed by atoms with Crippen molar-refractivity contribution < 1.29 is 24.8 Å². The molecule has 0 saturated carbocycles. The van der Waals surface area contributed by atoms with E-state index in [1.54, 1.807) is 6.08 Å². The summed E-state index contributed by atoms with van der Waals surface area (Å²) in [4.78, 5) is 30.0. The second-order valence-electron chi connectivity index (χ2n) is 5.54. The number of carbonyl (C=O) groups is 2. The van der Waals surface area contributed by atoms with E-state index in [9.17, 15) is 9.59 Å². The maximum atomic E-state index is 11.8. The van der Waals surface area contributed by atoms with Crippen molar-refractivity contribution in [2.75, 3.05) is 0 Å². The number of rotatable bonds is 7. The summed E-state index contributed by atoms with van der Waals surface area (Å²) in [5, 5.41) is 20.4. The Balaban J connectivity index is 2.41. The number of carboxylic acid groups (broad SMARTS) is 1. The lowest BCUT2D eigenvalue weighted by Gasteiger charge is -2.02. The first-order valence-corrected chi connectivity index (χ1v) is 7.44. The van der Waals surface area contributed by atoms with Crippen LogP contribution in [0.3, 0.4) is 0 Å². The van der Waals surface area contributed by atoms with E-state index in [0.29, 0.717) is 23.4 Å². The molecule has 2 rings (SSSR count).